The van der Waals surface area contributed by atoms with Crippen molar-refractivity contribution in [2.75, 3.05) is 33.4 Å². The average Bonchev–Trinajstić information content (AvgIpc) is 3.22. The maximum absolute atomic E-state index is 13.6. The number of aromatic nitrogens is 1. The smallest absolute Gasteiger partial charge is 0.294 e. The summed E-state index contributed by atoms with van der Waals surface area (Å²) in [4.78, 5) is 41.5. The highest BCUT2D eigenvalue weighted by molar-refractivity contribution is 7.97. The van der Waals surface area contributed by atoms with Crippen LogP contribution < -0.4 is 0 Å². The first-order valence-corrected chi connectivity index (χ1v) is 13.1. The number of hydrogen-bond donors (Lipinski definition) is 0. The van der Waals surface area contributed by atoms with Gasteiger partial charge < -0.3 is 14.4 Å². The number of piperidine rings is 1. The lowest BCUT2D eigenvalue weighted by atomic mass is 9.90. The Bertz CT molecular complexity index is 1240. The molecular weight excluding hydrogens is 465 g/mol. The zero-order chi connectivity index (χ0) is 25.1. The van der Waals surface area contributed by atoms with Crippen LogP contribution in [0.15, 0.2) is 48.7 Å². The van der Waals surface area contributed by atoms with E-state index >= 15 is 0 Å². The van der Waals surface area contributed by atoms with Crippen LogP contribution in [0, 0.1) is 11.7 Å². The van der Waals surface area contributed by atoms with E-state index in [2.05, 4.69) is 0 Å². The van der Waals surface area contributed by atoms with Gasteiger partial charge in [-0.2, -0.15) is 0 Å². The molecule has 1 aliphatic heterocycles. The van der Waals surface area contributed by atoms with Gasteiger partial charge in [-0.1, -0.05) is 12.1 Å². The van der Waals surface area contributed by atoms with Crippen LogP contribution in [0.4, 0.5) is 4.39 Å². The number of amides is 2. The zero-order valence-electron chi connectivity index (χ0n) is 20.3. The number of likely N-dealkylation sites (N-methyl/N-ethyl adjacent to an activating group) is 1. The maximum Gasteiger partial charge on any atom is 0.294 e. The van der Waals surface area contributed by atoms with Crippen LogP contribution in [0.3, 0.4) is 0 Å². The van der Waals surface area contributed by atoms with Gasteiger partial charge in [0.1, 0.15) is 5.82 Å². The second kappa shape index (κ2) is 10.6. The molecule has 0 aliphatic carbocycles. The van der Waals surface area contributed by atoms with Crippen molar-refractivity contribution in [2.24, 2.45) is 5.92 Å². The summed E-state index contributed by atoms with van der Waals surface area (Å²) in [5.74, 6) is -0.348. The van der Waals surface area contributed by atoms with Crippen molar-refractivity contribution in [3.63, 3.8) is 0 Å². The third-order valence-electron chi connectivity index (χ3n) is 6.58. The van der Waals surface area contributed by atoms with Crippen LogP contribution >= 0.6 is 11.8 Å². The molecule has 0 spiro atoms. The Balaban J connectivity index is 1.54. The zero-order valence-corrected chi connectivity index (χ0v) is 21.1. The molecule has 1 aliphatic rings. The SMILES string of the molecule is CSCn1cc(C(=O)N2CCC(Cc3ccc(F)cc3)CC2)c2cc(C(=O)C(=O)N(C)C)ccc21. The van der Waals surface area contributed by atoms with E-state index in [1.165, 1.54) is 17.0 Å². The van der Waals surface area contributed by atoms with Gasteiger partial charge in [-0.15, -0.1) is 11.8 Å². The fourth-order valence-electron chi connectivity index (χ4n) is 4.65. The minimum absolute atomic E-state index is 0.0568. The number of ketones is 1. The molecule has 0 saturated carbocycles. The molecule has 1 aromatic heterocycles. The molecule has 3 aromatic rings. The van der Waals surface area contributed by atoms with Crippen LogP contribution in [-0.4, -0.2) is 65.4 Å². The van der Waals surface area contributed by atoms with E-state index < -0.39 is 11.7 Å². The van der Waals surface area contributed by atoms with Crippen LogP contribution in [0.5, 0.6) is 0 Å². The minimum Gasteiger partial charge on any atom is -0.342 e. The van der Waals surface area contributed by atoms with Gasteiger partial charge in [-0.25, -0.2) is 4.39 Å². The predicted molar refractivity (Wildman–Crippen MR) is 137 cm³/mol. The molecule has 2 amide bonds. The number of carbonyl (C=O) groups is 3. The van der Waals surface area contributed by atoms with Crippen LogP contribution in [-0.2, 0) is 17.1 Å². The van der Waals surface area contributed by atoms with Gasteiger partial charge in [-0.05, 0) is 67.3 Å². The van der Waals surface area contributed by atoms with Crippen LogP contribution in [0.25, 0.3) is 10.9 Å². The topological polar surface area (TPSA) is 62.6 Å². The number of likely N-dealkylation sites (tertiary alicyclic amines) is 1. The number of rotatable bonds is 7. The molecule has 0 radical (unpaired) electrons. The number of thioether (sulfide) groups is 1. The first-order chi connectivity index (χ1) is 16.8. The standard InChI is InChI=1S/C27H30FN3O3S/c1-29(2)27(34)25(32)20-6-9-24-22(15-20)23(16-31(24)17-35-3)26(33)30-12-10-19(11-13-30)14-18-4-7-21(28)8-5-18/h4-9,15-16,19H,10-14,17H2,1-3H3. The molecule has 2 aromatic carbocycles. The van der Waals surface area contributed by atoms with E-state index in [0.717, 1.165) is 30.3 Å². The lowest BCUT2D eigenvalue weighted by Crippen LogP contribution is -2.38. The number of benzene rings is 2. The van der Waals surface area contributed by atoms with Gasteiger partial charge in [-0.3, -0.25) is 14.4 Å². The molecule has 1 fully saturated rings. The van der Waals surface area contributed by atoms with Crippen LogP contribution in [0.1, 0.15) is 39.1 Å². The van der Waals surface area contributed by atoms with Crippen molar-refractivity contribution in [3.8, 4) is 0 Å². The molecule has 6 nitrogen and oxygen atoms in total. The van der Waals surface area contributed by atoms with Gasteiger partial charge >= 0.3 is 0 Å². The van der Waals surface area contributed by atoms with Crippen molar-refractivity contribution < 1.29 is 18.8 Å². The molecule has 8 heteroatoms. The highest BCUT2D eigenvalue weighted by atomic mass is 32.2. The lowest BCUT2D eigenvalue weighted by Gasteiger charge is -2.32. The Hall–Kier alpha value is -3.13. The molecule has 35 heavy (non-hydrogen) atoms. The highest BCUT2D eigenvalue weighted by Gasteiger charge is 2.27. The first kappa shape index (κ1) is 25.0. The van der Waals surface area contributed by atoms with Gasteiger partial charge in [0.05, 0.1) is 11.4 Å². The quantitative estimate of drug-likeness (QED) is 0.359. The summed E-state index contributed by atoms with van der Waals surface area (Å²) in [6, 6.07) is 11.8. The lowest BCUT2D eigenvalue weighted by molar-refractivity contribution is -0.124. The average molecular weight is 496 g/mol. The number of fused-ring (bicyclic) bond motifs is 1. The fraction of sp³-hybridized carbons (Fsp3) is 0.370. The van der Waals surface area contributed by atoms with E-state index in [1.54, 1.807) is 38.0 Å². The van der Waals surface area contributed by atoms with Gasteiger partial charge in [0.15, 0.2) is 0 Å². The largest absolute Gasteiger partial charge is 0.342 e. The molecule has 1 saturated heterocycles. The number of halogens is 1. The van der Waals surface area contributed by atoms with Gasteiger partial charge in [0.25, 0.3) is 11.8 Å². The second-order valence-corrected chi connectivity index (χ2v) is 10.1. The van der Waals surface area contributed by atoms with Gasteiger partial charge in [0.2, 0.25) is 5.78 Å². The third kappa shape index (κ3) is 5.42. The number of hydrogen-bond acceptors (Lipinski definition) is 4. The molecular formula is C27H30FN3O3S. The van der Waals surface area contributed by atoms with E-state index in [4.69, 9.17) is 0 Å². The summed E-state index contributed by atoms with van der Waals surface area (Å²) in [5, 5.41) is 0.690. The van der Waals surface area contributed by atoms with E-state index in [-0.39, 0.29) is 17.3 Å². The molecule has 0 atom stereocenters. The summed E-state index contributed by atoms with van der Waals surface area (Å²) >= 11 is 1.64. The van der Waals surface area contributed by atoms with Crippen molar-refractivity contribution in [1.82, 2.24) is 14.4 Å². The highest BCUT2D eigenvalue weighted by Crippen LogP contribution is 2.28. The Morgan fingerprint density at radius 2 is 1.74 bits per heavy atom. The molecule has 2 heterocycles. The summed E-state index contributed by atoms with van der Waals surface area (Å²) in [6.07, 6.45) is 6.49. The molecule has 184 valence electrons. The Morgan fingerprint density at radius 1 is 1.06 bits per heavy atom. The third-order valence-corrected chi connectivity index (χ3v) is 7.12. The molecule has 0 unspecified atom stereocenters. The number of Topliss-reactive ketones (excluding diaryl/α,β-unsaturated/α-hetero) is 1. The molecule has 0 bridgehead atoms. The Labute approximate surface area is 209 Å². The fourth-order valence-corrected chi connectivity index (χ4v) is 5.14. The minimum atomic E-state index is -0.594. The van der Waals surface area contributed by atoms with Crippen molar-refractivity contribution in [1.29, 1.82) is 0 Å². The first-order valence-electron chi connectivity index (χ1n) is 11.7. The van der Waals surface area contributed by atoms with Gasteiger partial charge in [0, 0.05) is 49.8 Å². The molecule has 0 N–H and O–H groups in total. The van der Waals surface area contributed by atoms with E-state index in [1.807, 2.05) is 40.1 Å². The number of nitrogens with zero attached hydrogens (tertiary/aromatic N) is 3. The summed E-state index contributed by atoms with van der Waals surface area (Å²) in [7, 11) is 3.09. The van der Waals surface area contributed by atoms with Crippen molar-refractivity contribution >= 4 is 40.3 Å². The van der Waals surface area contributed by atoms with E-state index in [9.17, 15) is 18.8 Å². The number of carbonyl (C=O) groups excluding carboxylic acids is 3. The van der Waals surface area contributed by atoms with Crippen molar-refractivity contribution in [2.45, 2.75) is 25.1 Å². The monoisotopic (exact) mass is 495 g/mol. The van der Waals surface area contributed by atoms with E-state index in [0.29, 0.717) is 35.8 Å². The predicted octanol–water partition coefficient (Wildman–Crippen LogP) is 4.47. The summed E-state index contributed by atoms with van der Waals surface area (Å²) < 4.78 is 15.2. The Kier molecular flexibility index (Phi) is 7.60. The Morgan fingerprint density at radius 3 is 2.37 bits per heavy atom. The normalized spacial score (nSPS) is 14.3. The van der Waals surface area contributed by atoms with Crippen LogP contribution in [0.2, 0.25) is 0 Å². The second-order valence-electron chi connectivity index (χ2n) is 9.26. The summed E-state index contributed by atoms with van der Waals surface area (Å²) in [5.41, 5.74) is 2.81. The molecule has 4 rings (SSSR count). The maximum atomic E-state index is 13.6. The summed E-state index contributed by atoms with van der Waals surface area (Å²) in [6.45, 7) is 1.30. The van der Waals surface area contributed by atoms with Crippen molar-refractivity contribution in [3.05, 3.63) is 71.2 Å².